The van der Waals surface area contributed by atoms with Gasteiger partial charge in [-0.05, 0) is 30.2 Å². The van der Waals surface area contributed by atoms with Crippen LogP contribution in [0.5, 0.6) is 5.75 Å². The van der Waals surface area contributed by atoms with Gasteiger partial charge in [0, 0.05) is 12.1 Å². The number of Topliss-reactive ketones (excluding diaryl/α,β-unsaturated/α-hetero) is 1. The standard InChI is InChI=1S/C18H19NO2/c1-2-11-21-17-10-6-4-8-14(17)18(20)16-12-13-7-3-5-9-15(13)19-16/h3-10,16,19H,2,11-12H2,1H3. The third kappa shape index (κ3) is 2.77. The number of carbonyl (C=O) groups excluding carboxylic acids is 1. The number of carbonyl (C=O) groups is 1. The van der Waals surface area contributed by atoms with E-state index in [9.17, 15) is 4.79 Å². The van der Waals surface area contributed by atoms with E-state index in [1.54, 1.807) is 0 Å². The summed E-state index contributed by atoms with van der Waals surface area (Å²) in [7, 11) is 0. The highest BCUT2D eigenvalue weighted by Crippen LogP contribution is 2.29. The van der Waals surface area contributed by atoms with Crippen LogP contribution < -0.4 is 10.1 Å². The van der Waals surface area contributed by atoms with Gasteiger partial charge < -0.3 is 10.1 Å². The van der Waals surface area contributed by atoms with E-state index in [4.69, 9.17) is 4.74 Å². The molecule has 21 heavy (non-hydrogen) atoms. The van der Waals surface area contributed by atoms with E-state index in [0.717, 1.165) is 18.5 Å². The molecular weight excluding hydrogens is 262 g/mol. The number of ether oxygens (including phenoxy) is 1. The van der Waals surface area contributed by atoms with Crippen molar-refractivity contribution in [3.63, 3.8) is 0 Å². The first-order valence-corrected chi connectivity index (χ1v) is 7.40. The highest BCUT2D eigenvalue weighted by molar-refractivity contribution is 6.04. The highest BCUT2D eigenvalue weighted by Gasteiger charge is 2.28. The van der Waals surface area contributed by atoms with E-state index in [-0.39, 0.29) is 11.8 Å². The number of ketones is 1. The molecule has 0 bridgehead atoms. The van der Waals surface area contributed by atoms with Gasteiger partial charge >= 0.3 is 0 Å². The number of fused-ring (bicyclic) bond motifs is 1. The molecule has 1 atom stereocenters. The molecule has 0 aromatic heterocycles. The maximum atomic E-state index is 12.8. The maximum Gasteiger partial charge on any atom is 0.189 e. The average Bonchev–Trinajstić information content (AvgIpc) is 2.96. The highest BCUT2D eigenvalue weighted by atomic mass is 16.5. The zero-order valence-corrected chi connectivity index (χ0v) is 12.1. The number of benzene rings is 2. The van der Waals surface area contributed by atoms with Crippen molar-refractivity contribution in [2.24, 2.45) is 0 Å². The number of hydrogen-bond donors (Lipinski definition) is 1. The quantitative estimate of drug-likeness (QED) is 0.849. The van der Waals surface area contributed by atoms with Gasteiger partial charge in [-0.3, -0.25) is 4.79 Å². The minimum Gasteiger partial charge on any atom is -0.493 e. The van der Waals surface area contributed by atoms with Crippen LogP contribution in [0.25, 0.3) is 0 Å². The third-order valence-electron chi connectivity index (χ3n) is 3.70. The summed E-state index contributed by atoms with van der Waals surface area (Å²) in [4.78, 5) is 12.8. The van der Waals surface area contributed by atoms with Crippen molar-refractivity contribution in [2.45, 2.75) is 25.8 Å². The summed E-state index contributed by atoms with van der Waals surface area (Å²) in [6, 6.07) is 15.4. The summed E-state index contributed by atoms with van der Waals surface area (Å²) in [6.45, 7) is 2.68. The van der Waals surface area contributed by atoms with Crippen molar-refractivity contribution in [3.05, 3.63) is 59.7 Å². The normalized spacial score (nSPS) is 16.1. The summed E-state index contributed by atoms with van der Waals surface area (Å²) in [5.41, 5.74) is 2.92. The molecule has 2 aromatic carbocycles. The van der Waals surface area contributed by atoms with Gasteiger partial charge in [-0.1, -0.05) is 37.3 Å². The first kappa shape index (κ1) is 13.7. The van der Waals surface area contributed by atoms with E-state index >= 15 is 0 Å². The Morgan fingerprint density at radius 2 is 1.95 bits per heavy atom. The Morgan fingerprint density at radius 1 is 1.19 bits per heavy atom. The minimum absolute atomic E-state index is 0.0953. The molecule has 0 radical (unpaired) electrons. The molecule has 0 fully saturated rings. The van der Waals surface area contributed by atoms with Gasteiger partial charge in [0.15, 0.2) is 5.78 Å². The van der Waals surface area contributed by atoms with Crippen molar-refractivity contribution < 1.29 is 9.53 Å². The van der Waals surface area contributed by atoms with Crippen molar-refractivity contribution in [1.29, 1.82) is 0 Å². The predicted octanol–water partition coefficient (Wildman–Crippen LogP) is 3.69. The first-order valence-electron chi connectivity index (χ1n) is 7.40. The molecule has 0 saturated heterocycles. The largest absolute Gasteiger partial charge is 0.493 e. The summed E-state index contributed by atoms with van der Waals surface area (Å²) >= 11 is 0. The van der Waals surface area contributed by atoms with Crippen molar-refractivity contribution in [1.82, 2.24) is 0 Å². The van der Waals surface area contributed by atoms with Crippen LogP contribution in [0.3, 0.4) is 0 Å². The van der Waals surface area contributed by atoms with E-state index in [2.05, 4.69) is 18.3 Å². The molecule has 1 heterocycles. The Balaban J connectivity index is 1.81. The molecule has 1 aliphatic rings. The van der Waals surface area contributed by atoms with Gasteiger partial charge in [-0.25, -0.2) is 0 Å². The average molecular weight is 281 g/mol. The molecule has 3 rings (SSSR count). The number of nitrogens with one attached hydrogen (secondary N) is 1. The molecule has 1 N–H and O–H groups in total. The van der Waals surface area contributed by atoms with Crippen LogP contribution >= 0.6 is 0 Å². The lowest BCUT2D eigenvalue weighted by atomic mass is 10.0. The summed E-state index contributed by atoms with van der Waals surface area (Å²) in [5, 5.41) is 3.31. The van der Waals surface area contributed by atoms with Crippen LogP contribution in [0, 0.1) is 0 Å². The summed E-state index contributed by atoms with van der Waals surface area (Å²) in [6.07, 6.45) is 1.66. The van der Waals surface area contributed by atoms with E-state index in [0.29, 0.717) is 17.9 Å². The number of anilines is 1. The molecule has 3 heteroatoms. The maximum absolute atomic E-state index is 12.8. The van der Waals surface area contributed by atoms with Gasteiger partial charge in [0.05, 0.1) is 18.2 Å². The molecule has 1 unspecified atom stereocenters. The van der Waals surface area contributed by atoms with E-state index in [1.807, 2.05) is 42.5 Å². The van der Waals surface area contributed by atoms with Crippen LogP contribution in [0.4, 0.5) is 5.69 Å². The zero-order valence-electron chi connectivity index (χ0n) is 12.1. The van der Waals surface area contributed by atoms with Gasteiger partial charge in [0.2, 0.25) is 0 Å². The molecular formula is C18H19NO2. The lowest BCUT2D eigenvalue weighted by molar-refractivity contribution is 0.0967. The molecule has 3 nitrogen and oxygen atoms in total. The van der Waals surface area contributed by atoms with Crippen LogP contribution in [-0.2, 0) is 6.42 Å². The molecule has 0 spiro atoms. The van der Waals surface area contributed by atoms with E-state index in [1.165, 1.54) is 5.56 Å². The zero-order chi connectivity index (χ0) is 14.7. The molecule has 0 amide bonds. The number of rotatable bonds is 5. The fourth-order valence-corrected chi connectivity index (χ4v) is 2.65. The third-order valence-corrected chi connectivity index (χ3v) is 3.70. The Bertz CT molecular complexity index is 626. The molecule has 0 saturated carbocycles. The second-order valence-electron chi connectivity index (χ2n) is 5.27. The fraction of sp³-hybridized carbons (Fsp3) is 0.278. The Morgan fingerprint density at radius 3 is 2.76 bits per heavy atom. The Labute approximate surface area is 124 Å². The predicted molar refractivity (Wildman–Crippen MR) is 84.1 cm³/mol. The van der Waals surface area contributed by atoms with Gasteiger partial charge in [-0.15, -0.1) is 0 Å². The van der Waals surface area contributed by atoms with Gasteiger partial charge in [-0.2, -0.15) is 0 Å². The van der Waals surface area contributed by atoms with Gasteiger partial charge in [0.25, 0.3) is 0 Å². The van der Waals surface area contributed by atoms with Crippen LogP contribution in [0.1, 0.15) is 29.3 Å². The molecule has 1 aliphatic heterocycles. The minimum atomic E-state index is -0.200. The molecule has 108 valence electrons. The van der Waals surface area contributed by atoms with E-state index < -0.39 is 0 Å². The van der Waals surface area contributed by atoms with Crippen molar-refractivity contribution in [2.75, 3.05) is 11.9 Å². The van der Waals surface area contributed by atoms with Crippen molar-refractivity contribution in [3.8, 4) is 5.75 Å². The second-order valence-corrected chi connectivity index (χ2v) is 5.27. The Kier molecular flexibility index (Phi) is 3.91. The van der Waals surface area contributed by atoms with Crippen LogP contribution in [0.2, 0.25) is 0 Å². The first-order chi connectivity index (χ1) is 10.3. The van der Waals surface area contributed by atoms with Gasteiger partial charge in [0.1, 0.15) is 5.75 Å². The smallest absolute Gasteiger partial charge is 0.189 e. The monoisotopic (exact) mass is 281 g/mol. The fourth-order valence-electron chi connectivity index (χ4n) is 2.65. The molecule has 0 aliphatic carbocycles. The van der Waals surface area contributed by atoms with Crippen LogP contribution in [0.15, 0.2) is 48.5 Å². The number of para-hydroxylation sites is 2. The molecule has 2 aromatic rings. The topological polar surface area (TPSA) is 38.3 Å². The summed E-state index contributed by atoms with van der Waals surface area (Å²) in [5.74, 6) is 0.778. The second kappa shape index (κ2) is 6.00. The lowest BCUT2D eigenvalue weighted by Gasteiger charge is -2.14. The SMILES string of the molecule is CCCOc1ccccc1C(=O)C1Cc2ccccc2N1. The van der Waals surface area contributed by atoms with Crippen molar-refractivity contribution >= 4 is 11.5 Å². The Hall–Kier alpha value is -2.29. The summed E-state index contributed by atoms with van der Waals surface area (Å²) < 4.78 is 5.70. The lowest BCUT2D eigenvalue weighted by Crippen LogP contribution is -2.27. The number of hydrogen-bond acceptors (Lipinski definition) is 3. The van der Waals surface area contributed by atoms with Crippen LogP contribution in [-0.4, -0.2) is 18.4 Å².